The van der Waals surface area contributed by atoms with Crippen LogP contribution in [0, 0.1) is 23.7 Å². The van der Waals surface area contributed by atoms with Crippen LogP contribution in [0.5, 0.6) is 0 Å². The number of hydrogen-bond acceptors (Lipinski definition) is 3. The number of likely N-dealkylation sites (N-methyl/N-ethyl adjacent to an activating group) is 1. The molecule has 1 amide bonds. The number of likely N-dealkylation sites (tertiary alicyclic amines) is 1. The second-order valence-electron chi connectivity index (χ2n) is 7.05. The number of aliphatic carboxylic acids is 1. The van der Waals surface area contributed by atoms with Gasteiger partial charge in [0.15, 0.2) is 0 Å². The lowest BCUT2D eigenvalue weighted by Crippen LogP contribution is -2.40. The molecule has 1 saturated carbocycles. The summed E-state index contributed by atoms with van der Waals surface area (Å²) < 4.78 is 0. The van der Waals surface area contributed by atoms with Gasteiger partial charge >= 0.3 is 5.97 Å². The average Bonchev–Trinajstić information content (AvgIpc) is 3.01. The highest BCUT2D eigenvalue weighted by Gasteiger charge is 2.45. The predicted molar refractivity (Wildman–Crippen MR) is 80.8 cm³/mol. The third-order valence-electron chi connectivity index (χ3n) is 5.42. The summed E-state index contributed by atoms with van der Waals surface area (Å²) in [5, 5.41) is 9.40. The maximum atomic E-state index is 12.8. The minimum absolute atomic E-state index is 0.0644. The summed E-state index contributed by atoms with van der Waals surface area (Å²) in [4.78, 5) is 28.3. The van der Waals surface area contributed by atoms with Crippen molar-refractivity contribution in [2.45, 2.75) is 39.2 Å². The van der Waals surface area contributed by atoms with E-state index in [1.807, 2.05) is 19.0 Å². The van der Waals surface area contributed by atoms with Crippen molar-refractivity contribution in [1.82, 2.24) is 9.80 Å². The fraction of sp³-hybridized carbons (Fsp3) is 0.875. The molecule has 5 atom stereocenters. The molecule has 1 saturated heterocycles. The first-order valence-corrected chi connectivity index (χ1v) is 8.03. The highest BCUT2D eigenvalue weighted by molar-refractivity contribution is 5.85. The predicted octanol–water partition coefficient (Wildman–Crippen LogP) is 1.53. The lowest BCUT2D eigenvalue weighted by molar-refractivity contribution is -0.148. The molecule has 0 bridgehead atoms. The number of carboxylic acid groups (broad SMARTS) is 1. The fourth-order valence-corrected chi connectivity index (χ4v) is 4.06. The Labute approximate surface area is 127 Å². The molecular formula is C16H28N2O3. The summed E-state index contributed by atoms with van der Waals surface area (Å²) >= 11 is 0. The molecule has 0 spiro atoms. The van der Waals surface area contributed by atoms with Crippen LogP contribution >= 0.6 is 0 Å². The van der Waals surface area contributed by atoms with Gasteiger partial charge in [-0.15, -0.1) is 0 Å². The molecule has 0 aromatic rings. The lowest BCUT2D eigenvalue weighted by Gasteiger charge is -2.24. The number of rotatable bonds is 4. The lowest BCUT2D eigenvalue weighted by atomic mass is 9.95. The van der Waals surface area contributed by atoms with Crippen LogP contribution in [0.2, 0.25) is 0 Å². The van der Waals surface area contributed by atoms with Gasteiger partial charge in [0.1, 0.15) is 0 Å². The number of carboxylic acids is 1. The van der Waals surface area contributed by atoms with Gasteiger partial charge < -0.3 is 14.9 Å². The molecule has 1 N–H and O–H groups in total. The Kier molecular flexibility index (Phi) is 4.91. The Morgan fingerprint density at radius 3 is 2.29 bits per heavy atom. The van der Waals surface area contributed by atoms with Crippen LogP contribution in [0.25, 0.3) is 0 Å². The van der Waals surface area contributed by atoms with Gasteiger partial charge in [0.25, 0.3) is 0 Å². The standard InChI is InChI=1S/C16H28N2O3/c1-5-11-6-12(13(7-11)16(20)21)15(19)18-8-10(2)14(9-18)17(3)4/h10-14H,5-9H2,1-4H3,(H,20,21). The van der Waals surface area contributed by atoms with Crippen molar-refractivity contribution in [3.63, 3.8) is 0 Å². The summed E-state index contributed by atoms with van der Waals surface area (Å²) in [5.41, 5.74) is 0. The molecule has 5 heteroatoms. The third-order valence-corrected chi connectivity index (χ3v) is 5.42. The molecule has 0 aromatic heterocycles. The van der Waals surface area contributed by atoms with Gasteiger partial charge in [0.2, 0.25) is 5.91 Å². The Bertz CT molecular complexity index is 410. The quantitative estimate of drug-likeness (QED) is 0.854. The van der Waals surface area contributed by atoms with Crippen LogP contribution in [0.3, 0.4) is 0 Å². The summed E-state index contributed by atoms with van der Waals surface area (Å²) in [7, 11) is 4.08. The summed E-state index contributed by atoms with van der Waals surface area (Å²) in [6.07, 6.45) is 2.36. The Morgan fingerprint density at radius 2 is 1.81 bits per heavy atom. The van der Waals surface area contributed by atoms with E-state index >= 15 is 0 Å². The van der Waals surface area contributed by atoms with Gasteiger partial charge in [-0.1, -0.05) is 20.3 Å². The zero-order valence-corrected chi connectivity index (χ0v) is 13.6. The first kappa shape index (κ1) is 16.3. The molecule has 1 aliphatic heterocycles. The van der Waals surface area contributed by atoms with Crippen LogP contribution < -0.4 is 0 Å². The van der Waals surface area contributed by atoms with Gasteiger partial charge in [-0.25, -0.2) is 0 Å². The fourth-order valence-electron chi connectivity index (χ4n) is 4.06. The molecule has 2 rings (SSSR count). The zero-order chi connectivity index (χ0) is 15.7. The van der Waals surface area contributed by atoms with Crippen molar-refractivity contribution in [3.8, 4) is 0 Å². The molecule has 21 heavy (non-hydrogen) atoms. The van der Waals surface area contributed by atoms with Crippen molar-refractivity contribution < 1.29 is 14.7 Å². The number of carbonyl (C=O) groups excluding carboxylic acids is 1. The Balaban J connectivity index is 2.07. The SMILES string of the molecule is CCC1CC(C(=O)O)C(C(=O)N2CC(C)C(N(C)C)C2)C1. The Morgan fingerprint density at radius 1 is 1.19 bits per heavy atom. The molecule has 0 aromatic carbocycles. The van der Waals surface area contributed by atoms with E-state index in [2.05, 4.69) is 18.7 Å². The van der Waals surface area contributed by atoms with Gasteiger partial charge in [0, 0.05) is 19.1 Å². The van der Waals surface area contributed by atoms with Crippen molar-refractivity contribution in [1.29, 1.82) is 0 Å². The van der Waals surface area contributed by atoms with E-state index in [0.717, 1.165) is 25.9 Å². The van der Waals surface area contributed by atoms with Crippen molar-refractivity contribution in [3.05, 3.63) is 0 Å². The second kappa shape index (κ2) is 6.34. The minimum Gasteiger partial charge on any atom is -0.481 e. The molecule has 1 heterocycles. The normalized spacial score (nSPS) is 36.4. The highest BCUT2D eigenvalue weighted by atomic mass is 16.4. The van der Waals surface area contributed by atoms with Crippen LogP contribution in [0.15, 0.2) is 0 Å². The largest absolute Gasteiger partial charge is 0.481 e. The summed E-state index contributed by atoms with van der Waals surface area (Å²) in [6.45, 7) is 5.72. The van der Waals surface area contributed by atoms with Gasteiger partial charge in [0.05, 0.1) is 11.8 Å². The first-order valence-electron chi connectivity index (χ1n) is 8.03. The van der Waals surface area contributed by atoms with E-state index in [1.54, 1.807) is 0 Å². The van der Waals surface area contributed by atoms with Gasteiger partial charge in [-0.3, -0.25) is 9.59 Å². The molecule has 2 aliphatic rings. The molecule has 0 radical (unpaired) electrons. The number of amides is 1. The van der Waals surface area contributed by atoms with Crippen LogP contribution in [0.1, 0.15) is 33.1 Å². The molecule has 5 unspecified atom stereocenters. The van der Waals surface area contributed by atoms with E-state index in [9.17, 15) is 14.7 Å². The maximum absolute atomic E-state index is 12.8. The Hall–Kier alpha value is -1.10. The number of hydrogen-bond donors (Lipinski definition) is 1. The van der Waals surface area contributed by atoms with Crippen molar-refractivity contribution in [2.75, 3.05) is 27.2 Å². The maximum Gasteiger partial charge on any atom is 0.307 e. The van der Waals surface area contributed by atoms with E-state index < -0.39 is 11.9 Å². The second-order valence-corrected chi connectivity index (χ2v) is 7.05. The number of carbonyl (C=O) groups is 2. The molecule has 5 nitrogen and oxygen atoms in total. The van der Waals surface area contributed by atoms with Crippen molar-refractivity contribution in [2.24, 2.45) is 23.7 Å². The molecule has 2 fully saturated rings. The number of nitrogens with zero attached hydrogens (tertiary/aromatic N) is 2. The van der Waals surface area contributed by atoms with Crippen molar-refractivity contribution >= 4 is 11.9 Å². The van der Waals surface area contributed by atoms with Crippen LogP contribution in [-0.2, 0) is 9.59 Å². The third kappa shape index (κ3) is 3.23. The van der Waals surface area contributed by atoms with E-state index in [-0.39, 0.29) is 11.8 Å². The summed E-state index contributed by atoms with van der Waals surface area (Å²) in [5.74, 6) is -0.729. The van der Waals surface area contributed by atoms with Crippen LogP contribution in [0.4, 0.5) is 0 Å². The van der Waals surface area contributed by atoms with Gasteiger partial charge in [-0.2, -0.15) is 0 Å². The van der Waals surface area contributed by atoms with Crippen LogP contribution in [-0.4, -0.2) is 60.0 Å². The zero-order valence-electron chi connectivity index (χ0n) is 13.6. The monoisotopic (exact) mass is 296 g/mol. The highest BCUT2D eigenvalue weighted by Crippen LogP contribution is 2.40. The topological polar surface area (TPSA) is 60.9 Å². The van der Waals surface area contributed by atoms with E-state index in [4.69, 9.17) is 0 Å². The van der Waals surface area contributed by atoms with Gasteiger partial charge in [-0.05, 0) is 38.8 Å². The van der Waals surface area contributed by atoms with E-state index in [0.29, 0.717) is 24.3 Å². The van der Waals surface area contributed by atoms with E-state index in [1.165, 1.54) is 0 Å². The average molecular weight is 296 g/mol. The molecular weight excluding hydrogens is 268 g/mol. The molecule has 1 aliphatic carbocycles. The summed E-state index contributed by atoms with van der Waals surface area (Å²) in [6, 6.07) is 0.376. The minimum atomic E-state index is -0.805. The molecule has 120 valence electrons. The smallest absolute Gasteiger partial charge is 0.307 e. The first-order chi connectivity index (χ1) is 9.85.